The van der Waals surface area contributed by atoms with Crippen molar-refractivity contribution in [3.63, 3.8) is 0 Å². The van der Waals surface area contributed by atoms with E-state index in [1.807, 2.05) is 6.07 Å². The van der Waals surface area contributed by atoms with E-state index in [0.29, 0.717) is 18.2 Å². The summed E-state index contributed by atoms with van der Waals surface area (Å²) < 4.78 is 14.2. The molecule has 2 saturated carbocycles. The largest absolute Gasteiger partial charge is 0.356 e. The quantitative estimate of drug-likeness (QED) is 0.373. The first kappa shape index (κ1) is 25.6. The number of amides is 1. The van der Waals surface area contributed by atoms with Gasteiger partial charge in [-0.25, -0.2) is 4.39 Å². The fourth-order valence-electron chi connectivity index (χ4n) is 8.19. The highest BCUT2D eigenvalue weighted by Gasteiger charge is 2.49. The topological polar surface area (TPSA) is 39.3 Å². The molecule has 2 heterocycles. The molecule has 1 spiro atoms. The van der Waals surface area contributed by atoms with Gasteiger partial charge < -0.3 is 14.8 Å². The van der Waals surface area contributed by atoms with E-state index in [2.05, 4.69) is 59.2 Å². The van der Waals surface area contributed by atoms with Gasteiger partial charge in [-0.1, -0.05) is 56.0 Å². The molecule has 1 N–H and O–H groups in total. The predicted molar refractivity (Wildman–Crippen MR) is 151 cm³/mol. The molecule has 3 aromatic rings. The van der Waals surface area contributed by atoms with Crippen LogP contribution in [0.3, 0.4) is 0 Å². The van der Waals surface area contributed by atoms with Gasteiger partial charge in [0, 0.05) is 35.6 Å². The summed E-state index contributed by atoms with van der Waals surface area (Å²) in [5.74, 6) is 1.32. The van der Waals surface area contributed by atoms with Crippen LogP contribution in [0.1, 0.15) is 87.1 Å². The summed E-state index contributed by atoms with van der Waals surface area (Å²) in [7, 11) is 4.21. The van der Waals surface area contributed by atoms with Gasteiger partial charge in [0.25, 0.3) is 0 Å². The summed E-state index contributed by atoms with van der Waals surface area (Å²) in [6.45, 7) is 0.810. The van der Waals surface area contributed by atoms with Crippen molar-refractivity contribution in [1.29, 1.82) is 0 Å². The van der Waals surface area contributed by atoms with Crippen LogP contribution in [0, 0.1) is 17.7 Å². The second-order valence-corrected chi connectivity index (χ2v) is 12.3. The van der Waals surface area contributed by atoms with Crippen molar-refractivity contribution in [3.05, 3.63) is 71.2 Å². The van der Waals surface area contributed by atoms with Gasteiger partial charge in [0.15, 0.2) is 0 Å². The molecule has 1 amide bonds. The number of hydrogen-bond acceptors (Lipinski definition) is 2. The Hall–Kier alpha value is -2.66. The molecule has 4 nitrogen and oxygen atoms in total. The van der Waals surface area contributed by atoms with Crippen molar-refractivity contribution in [3.8, 4) is 0 Å². The molecule has 0 bridgehead atoms. The highest BCUT2D eigenvalue weighted by atomic mass is 19.1. The van der Waals surface area contributed by atoms with E-state index in [1.54, 1.807) is 6.07 Å². The van der Waals surface area contributed by atoms with E-state index < -0.39 is 0 Å². The number of H-pyrrole nitrogens is 1. The Kier molecular flexibility index (Phi) is 7.07. The number of benzene rings is 2. The van der Waals surface area contributed by atoms with Crippen LogP contribution < -0.4 is 0 Å². The average molecular weight is 516 g/mol. The van der Waals surface area contributed by atoms with Gasteiger partial charge in [0.1, 0.15) is 5.82 Å². The molecule has 5 heteroatoms. The minimum atomic E-state index is -0.269. The lowest BCUT2D eigenvalue weighted by Gasteiger charge is -2.52. The van der Waals surface area contributed by atoms with Gasteiger partial charge in [-0.05, 0) is 93.8 Å². The number of rotatable bonds is 6. The van der Waals surface area contributed by atoms with Crippen LogP contribution in [0.15, 0.2) is 48.5 Å². The standard InChI is InChI=1S/C33H42FN3O/c1-36(2)31(25-10-7-11-26(34)22-25)24-16-19-33(20-17-24)32-28(27-12-5-6-13-29(27)35-32)18-21-37(33)30(38)15-14-23-8-3-4-9-23/h5-7,10-13,22-24,31,35H,3-4,8-9,14-21H2,1-2H3. The molecule has 2 aromatic carbocycles. The SMILES string of the molecule is CN(C)C(c1cccc(F)c1)C1CCC2(CC1)c1[nH]c3ccccc3c1CCN2C(=O)CCC1CCCC1. The fraction of sp³-hybridized carbons (Fsp3) is 0.545. The molecule has 1 aromatic heterocycles. The van der Waals surface area contributed by atoms with Crippen molar-refractivity contribution < 1.29 is 9.18 Å². The highest BCUT2D eigenvalue weighted by molar-refractivity contribution is 5.86. The monoisotopic (exact) mass is 515 g/mol. The van der Waals surface area contributed by atoms with Crippen molar-refractivity contribution in [2.24, 2.45) is 11.8 Å². The minimum absolute atomic E-state index is 0.167. The molecule has 2 aliphatic carbocycles. The molecular weight excluding hydrogens is 473 g/mol. The number of hydrogen-bond donors (Lipinski definition) is 1. The predicted octanol–water partition coefficient (Wildman–Crippen LogP) is 7.35. The van der Waals surface area contributed by atoms with Crippen LogP contribution in [0.5, 0.6) is 0 Å². The van der Waals surface area contributed by atoms with Gasteiger partial charge in [-0.3, -0.25) is 4.79 Å². The zero-order valence-electron chi connectivity index (χ0n) is 23.0. The second-order valence-electron chi connectivity index (χ2n) is 12.3. The maximum atomic E-state index is 14.2. The maximum absolute atomic E-state index is 14.2. The van der Waals surface area contributed by atoms with Crippen molar-refractivity contribution in [1.82, 2.24) is 14.8 Å². The third-order valence-corrected chi connectivity index (χ3v) is 9.97. The summed E-state index contributed by atoms with van der Waals surface area (Å²) in [5.41, 5.74) is 4.66. The van der Waals surface area contributed by atoms with Gasteiger partial charge in [-0.2, -0.15) is 0 Å². The number of aromatic nitrogens is 1. The average Bonchev–Trinajstić information content (AvgIpc) is 3.57. The van der Waals surface area contributed by atoms with Crippen LogP contribution >= 0.6 is 0 Å². The first-order chi connectivity index (χ1) is 18.5. The lowest BCUT2D eigenvalue weighted by molar-refractivity contribution is -0.142. The summed E-state index contributed by atoms with van der Waals surface area (Å²) in [5, 5.41) is 1.31. The second kappa shape index (κ2) is 10.5. The van der Waals surface area contributed by atoms with E-state index in [4.69, 9.17) is 0 Å². The Labute approximate surface area is 226 Å². The van der Waals surface area contributed by atoms with E-state index in [-0.39, 0.29) is 17.4 Å². The highest BCUT2D eigenvalue weighted by Crippen LogP contribution is 2.51. The lowest BCUT2D eigenvalue weighted by Crippen LogP contribution is -2.55. The first-order valence-corrected chi connectivity index (χ1v) is 14.8. The summed E-state index contributed by atoms with van der Waals surface area (Å²) in [6.07, 6.45) is 11.8. The third kappa shape index (κ3) is 4.57. The van der Waals surface area contributed by atoms with E-state index >= 15 is 0 Å². The van der Waals surface area contributed by atoms with Crippen LogP contribution in [0.4, 0.5) is 4.39 Å². The zero-order valence-corrected chi connectivity index (χ0v) is 23.0. The molecule has 1 aliphatic heterocycles. The lowest BCUT2D eigenvalue weighted by atomic mass is 9.68. The van der Waals surface area contributed by atoms with Gasteiger partial charge in [0.2, 0.25) is 5.91 Å². The fourth-order valence-corrected chi connectivity index (χ4v) is 8.19. The molecule has 202 valence electrons. The molecule has 38 heavy (non-hydrogen) atoms. The zero-order chi connectivity index (χ0) is 26.3. The van der Waals surface area contributed by atoms with Gasteiger partial charge in [0.05, 0.1) is 5.54 Å². The molecule has 0 saturated heterocycles. The number of para-hydroxylation sites is 1. The van der Waals surface area contributed by atoms with Gasteiger partial charge in [-0.15, -0.1) is 0 Å². The van der Waals surface area contributed by atoms with Crippen LogP contribution in [0.2, 0.25) is 0 Å². The molecule has 2 fully saturated rings. The molecule has 1 atom stereocenters. The molecule has 3 aliphatic rings. The van der Waals surface area contributed by atoms with E-state index in [0.717, 1.165) is 56.6 Å². The van der Waals surface area contributed by atoms with Crippen LogP contribution in [-0.4, -0.2) is 41.3 Å². The molecular formula is C33H42FN3O. The molecule has 1 unspecified atom stereocenters. The Morgan fingerprint density at radius 3 is 2.58 bits per heavy atom. The van der Waals surface area contributed by atoms with Crippen LogP contribution in [-0.2, 0) is 16.8 Å². The van der Waals surface area contributed by atoms with E-state index in [9.17, 15) is 9.18 Å². The number of carbonyl (C=O) groups is 1. The maximum Gasteiger partial charge on any atom is 0.223 e. The van der Waals surface area contributed by atoms with Crippen molar-refractivity contribution in [2.75, 3.05) is 20.6 Å². The molecule has 6 rings (SSSR count). The molecule has 0 radical (unpaired) electrons. The van der Waals surface area contributed by atoms with Crippen LogP contribution in [0.25, 0.3) is 10.9 Å². The number of carbonyl (C=O) groups excluding carboxylic acids is 1. The Balaban J connectivity index is 1.31. The number of fused-ring (bicyclic) bond motifs is 4. The summed E-state index contributed by atoms with van der Waals surface area (Å²) in [6, 6.07) is 15.9. The van der Waals surface area contributed by atoms with Gasteiger partial charge >= 0.3 is 0 Å². The smallest absolute Gasteiger partial charge is 0.223 e. The number of aromatic amines is 1. The number of nitrogens with one attached hydrogen (secondary N) is 1. The number of nitrogens with zero attached hydrogens (tertiary/aromatic N) is 2. The van der Waals surface area contributed by atoms with Crippen molar-refractivity contribution in [2.45, 2.75) is 82.2 Å². The minimum Gasteiger partial charge on any atom is -0.356 e. The normalized spacial score (nSPS) is 24.8. The first-order valence-electron chi connectivity index (χ1n) is 14.8. The van der Waals surface area contributed by atoms with E-state index in [1.165, 1.54) is 53.9 Å². The van der Waals surface area contributed by atoms with Crippen molar-refractivity contribution >= 4 is 16.8 Å². The Morgan fingerprint density at radius 2 is 1.84 bits per heavy atom. The number of halogens is 1. The summed E-state index contributed by atoms with van der Waals surface area (Å²) >= 11 is 0. The Morgan fingerprint density at radius 1 is 1.08 bits per heavy atom. The third-order valence-electron chi connectivity index (χ3n) is 9.97. The summed E-state index contributed by atoms with van der Waals surface area (Å²) in [4.78, 5) is 22.2. The Bertz CT molecular complexity index is 1280.